The third kappa shape index (κ3) is 264. The fourth-order valence-electron chi connectivity index (χ4n) is 0. The number of rotatable bonds is 0. The summed E-state index contributed by atoms with van der Waals surface area (Å²) >= 11 is 0. The average Bonchev–Trinajstić information content (AvgIpc) is 0. The van der Waals surface area contributed by atoms with Crippen molar-refractivity contribution in [1.29, 1.82) is 0 Å². The van der Waals surface area contributed by atoms with E-state index in [0.717, 1.165) is 0 Å². The summed E-state index contributed by atoms with van der Waals surface area (Å²) < 4.78 is 0. The van der Waals surface area contributed by atoms with Crippen molar-refractivity contribution in [2.45, 2.75) is 0 Å². The Hall–Kier alpha value is 2.19. The summed E-state index contributed by atoms with van der Waals surface area (Å²) in [6.07, 6.45) is 0. The molecule has 0 aromatic rings. The molecule has 0 aromatic carbocycles. The van der Waals surface area contributed by atoms with Crippen LogP contribution in [-0.2, 0) is 116 Å². The summed E-state index contributed by atoms with van der Waals surface area (Å²) in [5.74, 6) is 0. The predicted molar refractivity (Wildman–Crippen MR) is 4.81 cm³/mol. The van der Waals surface area contributed by atoms with E-state index in [2.05, 4.69) is 0 Å². The van der Waals surface area contributed by atoms with Crippen LogP contribution in [0.4, 0.5) is 0 Å². The van der Waals surface area contributed by atoms with Crippen molar-refractivity contribution in [1.82, 2.24) is 0 Å². The molecule has 7 nitrogen and oxygen atoms in total. The van der Waals surface area contributed by atoms with E-state index in [1.54, 1.807) is 0 Å². The van der Waals surface area contributed by atoms with Crippen LogP contribution in [0.2, 0.25) is 0 Å². The molecule has 0 aliphatic heterocycles. The van der Waals surface area contributed by atoms with E-state index in [1.165, 1.54) is 0 Å². The molecular formula is Fe2O7Ti2. The Morgan fingerprint density at radius 3 is 0.273 bits per heavy atom. The molecule has 0 spiro atoms. The first-order valence-electron chi connectivity index (χ1n) is 0. The molecule has 66 valence electrons. The topological polar surface area (TPSA) is 200 Å². The van der Waals surface area contributed by atoms with Crippen LogP contribution in [-0.4, -0.2) is 0 Å². The Balaban J connectivity index is 0. The van der Waals surface area contributed by atoms with Crippen molar-refractivity contribution in [2.75, 3.05) is 0 Å². The molecule has 0 saturated carbocycles. The smallest absolute Gasteiger partial charge is 2.00 e. The van der Waals surface area contributed by atoms with Gasteiger partial charge in [0, 0.05) is 0 Å². The second-order valence-corrected chi connectivity index (χ2v) is 0. The van der Waals surface area contributed by atoms with Gasteiger partial charge in [-0.3, -0.25) is 0 Å². The van der Waals surface area contributed by atoms with Gasteiger partial charge >= 0.3 is 77.6 Å². The van der Waals surface area contributed by atoms with E-state index in [-0.39, 0.29) is 116 Å². The molecule has 2 radical (unpaired) electrons. The summed E-state index contributed by atoms with van der Waals surface area (Å²) in [4.78, 5) is 0. The molecule has 0 aliphatic carbocycles. The molecule has 11 heavy (non-hydrogen) atoms. The van der Waals surface area contributed by atoms with Crippen LogP contribution in [0.1, 0.15) is 0 Å². The molecule has 0 unspecified atom stereocenters. The minimum absolute atomic E-state index is 0. The van der Waals surface area contributed by atoms with Crippen LogP contribution in [0, 0.1) is 0 Å². The van der Waals surface area contributed by atoms with E-state index in [0.29, 0.717) is 0 Å². The fraction of sp³-hybridized carbons (Fsp3) is 0. The summed E-state index contributed by atoms with van der Waals surface area (Å²) in [5.41, 5.74) is 0. The molecule has 0 atom stereocenters. The van der Waals surface area contributed by atoms with Crippen LogP contribution in [0.25, 0.3) is 0 Å². The second kappa shape index (κ2) is 319. The van der Waals surface area contributed by atoms with E-state index < -0.39 is 0 Å². The summed E-state index contributed by atoms with van der Waals surface area (Å²) in [6.45, 7) is 0. The molecule has 0 amide bonds. The van der Waals surface area contributed by atoms with Gasteiger partial charge in [-0.2, -0.15) is 0 Å². The maximum absolute atomic E-state index is 0. The van der Waals surface area contributed by atoms with Gasteiger partial charge < -0.3 is 38.3 Å². The van der Waals surface area contributed by atoms with Gasteiger partial charge in [0.2, 0.25) is 0 Å². The molecule has 0 aromatic heterocycles. The van der Waals surface area contributed by atoms with Crippen molar-refractivity contribution >= 4 is 0 Å². The summed E-state index contributed by atoms with van der Waals surface area (Å²) in [7, 11) is 0. The van der Waals surface area contributed by atoms with Gasteiger partial charge in [0.05, 0.1) is 0 Å². The van der Waals surface area contributed by atoms with Crippen molar-refractivity contribution in [3.05, 3.63) is 0 Å². The Bertz CT molecular complexity index is 14.4. The first kappa shape index (κ1) is 409. The minimum atomic E-state index is 0. The van der Waals surface area contributed by atoms with Gasteiger partial charge in [0.1, 0.15) is 0 Å². The molecule has 0 heterocycles. The minimum Gasteiger partial charge on any atom is -2.00 e. The third-order valence-electron chi connectivity index (χ3n) is 0. The van der Waals surface area contributed by atoms with Crippen molar-refractivity contribution in [3.8, 4) is 0 Å². The summed E-state index contributed by atoms with van der Waals surface area (Å²) in [6, 6.07) is 0. The second-order valence-electron chi connectivity index (χ2n) is 0. The van der Waals surface area contributed by atoms with Gasteiger partial charge in [-0.25, -0.2) is 0 Å². The van der Waals surface area contributed by atoms with Gasteiger partial charge in [-0.15, -0.1) is 0 Å². The number of hydrogen-bond acceptors (Lipinski definition) is 0. The maximum atomic E-state index is 0. The average molecular weight is 319 g/mol. The van der Waals surface area contributed by atoms with Crippen molar-refractivity contribution < 1.29 is 116 Å². The Morgan fingerprint density at radius 2 is 0.273 bits per heavy atom. The fourth-order valence-corrected chi connectivity index (χ4v) is 0. The zero-order chi connectivity index (χ0) is 0. The molecule has 0 N–H and O–H groups in total. The van der Waals surface area contributed by atoms with Gasteiger partial charge in [0.25, 0.3) is 0 Å². The SMILES string of the molecule is [Fe+3].[Fe+3].[O-2].[O-2].[O-2].[O-2].[O-2].[O-2].[O-2].[Ti+4].[Ti+4]. The zero-order valence-corrected chi connectivity index (χ0v) is 9.90. The first-order chi connectivity index (χ1) is 0. The molecule has 11 heteroatoms. The monoisotopic (exact) mass is 320 g/mol. The molecular weight excluding hydrogens is 319 g/mol. The predicted octanol–water partition coefficient (Wildman–Crippen LogP) is -0.842. The standard InChI is InChI=1S/2Fe.7O.2Ti/q2*+3;7*-2;2*+4. The van der Waals surface area contributed by atoms with E-state index in [9.17, 15) is 0 Å². The molecule has 0 rings (SSSR count). The Labute approximate surface area is 115 Å². The Kier molecular flexibility index (Phi) is 11900. The van der Waals surface area contributed by atoms with Gasteiger partial charge in [-0.1, -0.05) is 0 Å². The normalized spacial score (nSPS) is 0. The van der Waals surface area contributed by atoms with E-state index in [1.807, 2.05) is 0 Å². The Morgan fingerprint density at radius 1 is 0.273 bits per heavy atom. The first-order valence-corrected chi connectivity index (χ1v) is 0. The quantitative estimate of drug-likeness (QED) is 0.501. The largest absolute Gasteiger partial charge is 4.00 e. The van der Waals surface area contributed by atoms with Crippen LogP contribution >= 0.6 is 0 Å². The van der Waals surface area contributed by atoms with Gasteiger partial charge in [0.15, 0.2) is 0 Å². The van der Waals surface area contributed by atoms with E-state index >= 15 is 0 Å². The zero-order valence-electron chi connectivity index (χ0n) is 4.56. The molecule has 0 aliphatic rings. The van der Waals surface area contributed by atoms with Crippen molar-refractivity contribution in [2.24, 2.45) is 0 Å². The molecule has 0 fully saturated rings. The maximum Gasteiger partial charge on any atom is 4.00 e. The third-order valence-corrected chi connectivity index (χ3v) is 0. The molecule has 0 saturated heterocycles. The van der Waals surface area contributed by atoms with Crippen LogP contribution in [0.5, 0.6) is 0 Å². The van der Waals surface area contributed by atoms with Crippen LogP contribution in [0.15, 0.2) is 0 Å². The van der Waals surface area contributed by atoms with Crippen LogP contribution in [0.3, 0.4) is 0 Å². The van der Waals surface area contributed by atoms with Crippen LogP contribution < -0.4 is 0 Å². The van der Waals surface area contributed by atoms with Gasteiger partial charge in [-0.05, 0) is 0 Å². The van der Waals surface area contributed by atoms with Crippen molar-refractivity contribution in [3.63, 3.8) is 0 Å². The van der Waals surface area contributed by atoms with E-state index in [4.69, 9.17) is 0 Å². The summed E-state index contributed by atoms with van der Waals surface area (Å²) in [5, 5.41) is 0. The molecule has 0 bridgehead atoms. The number of hydrogen-bond donors (Lipinski definition) is 0.